The van der Waals surface area contributed by atoms with E-state index in [-0.39, 0.29) is 0 Å². The van der Waals surface area contributed by atoms with Crippen molar-refractivity contribution >= 4 is 11.6 Å². The Labute approximate surface area is 130 Å². The van der Waals surface area contributed by atoms with E-state index in [0.29, 0.717) is 10.8 Å². The predicted octanol–water partition coefficient (Wildman–Crippen LogP) is 4.13. The molecule has 2 rings (SSSR count). The van der Waals surface area contributed by atoms with Crippen LogP contribution in [0, 0.1) is 0 Å². The summed E-state index contributed by atoms with van der Waals surface area (Å²) in [5.41, 5.74) is 3.21. The topological polar surface area (TPSA) is 30.5 Å². The molecule has 0 unspecified atom stereocenters. The fraction of sp³-hybridized carbons (Fsp3) is 0.294. The van der Waals surface area contributed by atoms with Crippen molar-refractivity contribution in [1.29, 1.82) is 0 Å². The molecule has 21 heavy (non-hydrogen) atoms. The van der Waals surface area contributed by atoms with Crippen LogP contribution < -0.4 is 14.8 Å². The van der Waals surface area contributed by atoms with Gasteiger partial charge in [0.05, 0.1) is 14.2 Å². The summed E-state index contributed by atoms with van der Waals surface area (Å²) in [5, 5.41) is 4.05. The highest BCUT2D eigenvalue weighted by Gasteiger charge is 2.14. The van der Waals surface area contributed by atoms with Crippen LogP contribution in [-0.4, -0.2) is 20.8 Å². The number of para-hydroxylation sites is 1. The zero-order valence-corrected chi connectivity index (χ0v) is 13.3. The highest BCUT2D eigenvalue weighted by Crippen LogP contribution is 2.40. The van der Waals surface area contributed by atoms with Crippen LogP contribution in [0.4, 0.5) is 0 Å². The first-order valence-electron chi connectivity index (χ1n) is 6.91. The lowest BCUT2D eigenvalue weighted by Crippen LogP contribution is -2.12. The minimum Gasteiger partial charge on any atom is -0.493 e. The zero-order chi connectivity index (χ0) is 15.2. The quantitative estimate of drug-likeness (QED) is 0.870. The van der Waals surface area contributed by atoms with Crippen LogP contribution in [0.25, 0.3) is 11.1 Å². The number of hydrogen-bond donors (Lipinski definition) is 1. The van der Waals surface area contributed by atoms with E-state index in [1.165, 1.54) is 5.56 Å². The van der Waals surface area contributed by atoms with Gasteiger partial charge in [0.15, 0.2) is 11.5 Å². The second-order valence-corrected chi connectivity index (χ2v) is 5.06. The van der Waals surface area contributed by atoms with Crippen LogP contribution >= 0.6 is 11.6 Å². The van der Waals surface area contributed by atoms with E-state index >= 15 is 0 Å². The van der Waals surface area contributed by atoms with Gasteiger partial charge in [-0.2, -0.15) is 0 Å². The lowest BCUT2D eigenvalue weighted by molar-refractivity contribution is 0.356. The molecule has 0 amide bonds. The maximum absolute atomic E-state index is 6.18. The molecule has 1 N–H and O–H groups in total. The highest BCUT2D eigenvalue weighted by molar-refractivity contribution is 6.30. The number of nitrogens with one attached hydrogen (secondary N) is 1. The van der Waals surface area contributed by atoms with Crippen molar-refractivity contribution < 1.29 is 9.47 Å². The summed E-state index contributed by atoms with van der Waals surface area (Å²) in [6.45, 7) is 3.78. The molecule has 0 aromatic heterocycles. The van der Waals surface area contributed by atoms with Gasteiger partial charge in [-0.3, -0.25) is 0 Å². The number of ether oxygens (including phenoxy) is 2. The van der Waals surface area contributed by atoms with Crippen LogP contribution in [-0.2, 0) is 6.54 Å². The van der Waals surface area contributed by atoms with Gasteiger partial charge in [-0.25, -0.2) is 0 Å². The molecule has 3 nitrogen and oxygen atoms in total. The van der Waals surface area contributed by atoms with E-state index < -0.39 is 0 Å². The smallest absolute Gasteiger partial charge is 0.168 e. The van der Waals surface area contributed by atoms with E-state index in [9.17, 15) is 0 Å². The number of halogens is 1. The van der Waals surface area contributed by atoms with Gasteiger partial charge in [-0.05, 0) is 35.9 Å². The Kier molecular flexibility index (Phi) is 5.48. The third-order valence-electron chi connectivity index (χ3n) is 3.33. The SMILES string of the molecule is CCNCc1ccc(Cl)cc1-c1cccc(OC)c1OC. The van der Waals surface area contributed by atoms with Gasteiger partial charge in [-0.15, -0.1) is 0 Å². The monoisotopic (exact) mass is 305 g/mol. The molecule has 0 bridgehead atoms. The van der Waals surface area contributed by atoms with Crippen molar-refractivity contribution in [3.05, 3.63) is 47.0 Å². The Balaban J connectivity index is 2.57. The molecule has 0 aliphatic carbocycles. The van der Waals surface area contributed by atoms with Gasteiger partial charge in [0.25, 0.3) is 0 Å². The van der Waals surface area contributed by atoms with Crippen LogP contribution in [0.3, 0.4) is 0 Å². The van der Waals surface area contributed by atoms with Gasteiger partial charge >= 0.3 is 0 Å². The van der Waals surface area contributed by atoms with Crippen molar-refractivity contribution in [3.8, 4) is 22.6 Å². The minimum absolute atomic E-state index is 0.704. The highest BCUT2D eigenvalue weighted by atomic mass is 35.5. The summed E-state index contributed by atoms with van der Waals surface area (Å²) in [6.07, 6.45) is 0. The summed E-state index contributed by atoms with van der Waals surface area (Å²) >= 11 is 6.18. The maximum atomic E-state index is 6.18. The summed E-state index contributed by atoms with van der Waals surface area (Å²) in [6, 6.07) is 11.8. The second-order valence-electron chi connectivity index (χ2n) is 4.62. The molecule has 2 aromatic rings. The average molecular weight is 306 g/mol. The lowest BCUT2D eigenvalue weighted by Gasteiger charge is -2.16. The van der Waals surface area contributed by atoms with Crippen molar-refractivity contribution in [3.63, 3.8) is 0 Å². The van der Waals surface area contributed by atoms with Crippen molar-refractivity contribution in [2.45, 2.75) is 13.5 Å². The number of rotatable bonds is 6. The Morgan fingerprint density at radius 1 is 1.05 bits per heavy atom. The van der Waals surface area contributed by atoms with Gasteiger partial charge in [0, 0.05) is 17.1 Å². The molecule has 0 saturated heterocycles. The molecular formula is C17H20ClNO2. The van der Waals surface area contributed by atoms with E-state index in [1.807, 2.05) is 36.4 Å². The molecule has 112 valence electrons. The van der Waals surface area contributed by atoms with Crippen LogP contribution in [0.5, 0.6) is 11.5 Å². The molecule has 4 heteroatoms. The fourth-order valence-corrected chi connectivity index (χ4v) is 2.48. The summed E-state index contributed by atoms with van der Waals surface area (Å²) in [4.78, 5) is 0. The fourth-order valence-electron chi connectivity index (χ4n) is 2.31. The molecule has 0 aliphatic heterocycles. The molecule has 0 aliphatic rings. The Hall–Kier alpha value is -1.71. The molecule has 0 saturated carbocycles. The van der Waals surface area contributed by atoms with E-state index in [0.717, 1.165) is 30.0 Å². The van der Waals surface area contributed by atoms with E-state index in [2.05, 4.69) is 12.2 Å². The summed E-state index contributed by atoms with van der Waals surface area (Å²) in [5.74, 6) is 1.43. The molecule has 0 atom stereocenters. The summed E-state index contributed by atoms with van der Waals surface area (Å²) < 4.78 is 10.9. The number of methoxy groups -OCH3 is 2. The van der Waals surface area contributed by atoms with E-state index in [4.69, 9.17) is 21.1 Å². The number of hydrogen-bond acceptors (Lipinski definition) is 3. The summed E-state index contributed by atoms with van der Waals surface area (Å²) in [7, 11) is 3.29. The minimum atomic E-state index is 0.704. The predicted molar refractivity (Wildman–Crippen MR) is 87.4 cm³/mol. The van der Waals surface area contributed by atoms with Crippen molar-refractivity contribution in [2.75, 3.05) is 20.8 Å². The first-order chi connectivity index (χ1) is 10.2. The van der Waals surface area contributed by atoms with Gasteiger partial charge < -0.3 is 14.8 Å². The molecule has 0 radical (unpaired) electrons. The van der Waals surface area contributed by atoms with E-state index in [1.54, 1.807) is 14.2 Å². The maximum Gasteiger partial charge on any atom is 0.168 e. The van der Waals surface area contributed by atoms with Crippen LogP contribution in [0.15, 0.2) is 36.4 Å². The molecule has 0 fully saturated rings. The van der Waals surface area contributed by atoms with Crippen LogP contribution in [0.2, 0.25) is 5.02 Å². The first kappa shape index (κ1) is 15.7. The standard InChI is InChI=1S/C17H20ClNO2/c1-4-19-11-12-8-9-13(18)10-15(12)14-6-5-7-16(20-2)17(14)21-3/h5-10,19H,4,11H2,1-3H3. The largest absolute Gasteiger partial charge is 0.493 e. The van der Waals surface area contributed by atoms with Crippen LogP contribution in [0.1, 0.15) is 12.5 Å². The number of benzene rings is 2. The Morgan fingerprint density at radius 3 is 2.52 bits per heavy atom. The van der Waals surface area contributed by atoms with Gasteiger partial charge in [0.2, 0.25) is 0 Å². The second kappa shape index (κ2) is 7.34. The Morgan fingerprint density at radius 2 is 1.86 bits per heavy atom. The lowest BCUT2D eigenvalue weighted by atomic mass is 9.98. The zero-order valence-electron chi connectivity index (χ0n) is 12.6. The molecule has 2 aromatic carbocycles. The normalized spacial score (nSPS) is 10.5. The van der Waals surface area contributed by atoms with Crippen molar-refractivity contribution in [1.82, 2.24) is 5.32 Å². The van der Waals surface area contributed by atoms with Crippen molar-refractivity contribution in [2.24, 2.45) is 0 Å². The first-order valence-corrected chi connectivity index (χ1v) is 7.29. The Bertz CT molecular complexity index is 614. The molecular weight excluding hydrogens is 286 g/mol. The molecule has 0 heterocycles. The van der Waals surface area contributed by atoms with Gasteiger partial charge in [0.1, 0.15) is 0 Å². The van der Waals surface area contributed by atoms with Gasteiger partial charge in [-0.1, -0.05) is 36.7 Å². The molecule has 0 spiro atoms. The average Bonchev–Trinajstić information content (AvgIpc) is 2.52. The third kappa shape index (κ3) is 3.49. The third-order valence-corrected chi connectivity index (χ3v) is 3.57.